The highest BCUT2D eigenvalue weighted by atomic mass is 35.5. The van der Waals surface area contributed by atoms with Gasteiger partial charge >= 0.3 is 0 Å². The minimum Gasteiger partial charge on any atom is -0.481 e. The number of nitrogens with one attached hydrogen (secondary N) is 1. The molecule has 1 heterocycles. The molecule has 0 aromatic heterocycles. The highest BCUT2D eigenvalue weighted by molar-refractivity contribution is 6.30. The number of benzene rings is 2. The molecule has 0 radical (unpaired) electrons. The summed E-state index contributed by atoms with van der Waals surface area (Å²) in [5.74, 6) is 0.545. The molecule has 5 heteroatoms. The molecule has 0 unspecified atom stereocenters. The number of piperidine rings is 1. The Balaban J connectivity index is 1.47. The van der Waals surface area contributed by atoms with Crippen LogP contribution >= 0.6 is 11.6 Å². The molecule has 2 aromatic rings. The standard InChI is InChI=1S/C23H29ClN2O2/c1-2-22(28-21-12-10-20(24)11-13-21)23(27)25-16-18-6-8-19(9-7-18)17-26-14-4-3-5-15-26/h6-13,22H,2-5,14-17H2,1H3,(H,25,27)/t22-/m1/s1. The number of ether oxygens (including phenoxy) is 1. The smallest absolute Gasteiger partial charge is 0.261 e. The second-order valence-electron chi connectivity index (χ2n) is 7.34. The molecule has 0 saturated carbocycles. The largest absolute Gasteiger partial charge is 0.481 e. The summed E-state index contributed by atoms with van der Waals surface area (Å²) in [4.78, 5) is 15.0. The van der Waals surface area contributed by atoms with Crippen LogP contribution in [0.15, 0.2) is 48.5 Å². The minimum atomic E-state index is -0.514. The third-order valence-corrected chi connectivity index (χ3v) is 5.35. The number of hydrogen-bond acceptors (Lipinski definition) is 3. The summed E-state index contributed by atoms with van der Waals surface area (Å²) >= 11 is 5.89. The van der Waals surface area contributed by atoms with Crippen LogP contribution in [0.1, 0.15) is 43.7 Å². The van der Waals surface area contributed by atoms with Gasteiger partial charge in [0.15, 0.2) is 6.10 Å². The van der Waals surface area contributed by atoms with Crippen LogP contribution in [0.3, 0.4) is 0 Å². The van der Waals surface area contributed by atoms with Gasteiger partial charge in [0.25, 0.3) is 5.91 Å². The molecule has 1 saturated heterocycles. The van der Waals surface area contributed by atoms with Gasteiger partial charge in [0.1, 0.15) is 5.75 Å². The van der Waals surface area contributed by atoms with Crippen molar-refractivity contribution in [2.75, 3.05) is 13.1 Å². The molecule has 0 aliphatic carbocycles. The molecule has 1 amide bonds. The fourth-order valence-corrected chi connectivity index (χ4v) is 3.57. The van der Waals surface area contributed by atoms with Crippen molar-refractivity contribution in [1.29, 1.82) is 0 Å². The van der Waals surface area contributed by atoms with Gasteiger partial charge in [0, 0.05) is 18.1 Å². The van der Waals surface area contributed by atoms with Crippen LogP contribution in [0, 0.1) is 0 Å². The van der Waals surface area contributed by atoms with Crippen molar-refractivity contribution in [1.82, 2.24) is 10.2 Å². The quantitative estimate of drug-likeness (QED) is 0.692. The summed E-state index contributed by atoms with van der Waals surface area (Å²) in [5, 5.41) is 3.63. The number of carbonyl (C=O) groups excluding carboxylic acids is 1. The van der Waals surface area contributed by atoms with Gasteiger partial charge in [-0.3, -0.25) is 9.69 Å². The number of halogens is 1. The lowest BCUT2D eigenvalue weighted by molar-refractivity contribution is -0.128. The van der Waals surface area contributed by atoms with E-state index >= 15 is 0 Å². The lowest BCUT2D eigenvalue weighted by Crippen LogP contribution is -2.37. The van der Waals surface area contributed by atoms with Crippen LogP contribution in [0.2, 0.25) is 5.02 Å². The first-order valence-electron chi connectivity index (χ1n) is 10.1. The van der Waals surface area contributed by atoms with E-state index in [9.17, 15) is 4.79 Å². The van der Waals surface area contributed by atoms with Crippen molar-refractivity contribution in [3.05, 3.63) is 64.7 Å². The van der Waals surface area contributed by atoms with Gasteiger partial charge in [0.05, 0.1) is 0 Å². The zero-order valence-electron chi connectivity index (χ0n) is 16.5. The Morgan fingerprint density at radius 2 is 1.68 bits per heavy atom. The lowest BCUT2D eigenvalue weighted by Gasteiger charge is -2.26. The number of carbonyl (C=O) groups is 1. The summed E-state index contributed by atoms with van der Waals surface area (Å²) in [6.07, 6.45) is 4.06. The lowest BCUT2D eigenvalue weighted by atomic mass is 10.1. The van der Waals surface area contributed by atoms with Crippen molar-refractivity contribution in [2.45, 2.75) is 51.8 Å². The topological polar surface area (TPSA) is 41.6 Å². The zero-order chi connectivity index (χ0) is 19.8. The normalized spacial score (nSPS) is 15.8. The van der Waals surface area contributed by atoms with E-state index in [0.717, 1.165) is 12.1 Å². The maximum absolute atomic E-state index is 12.5. The average Bonchev–Trinajstić information content (AvgIpc) is 2.73. The molecule has 28 heavy (non-hydrogen) atoms. The fraction of sp³-hybridized carbons (Fsp3) is 0.435. The Hall–Kier alpha value is -2.04. The molecule has 1 N–H and O–H groups in total. The molecule has 3 rings (SSSR count). The predicted octanol–water partition coefficient (Wildman–Crippen LogP) is 4.80. The molecule has 1 aliphatic heterocycles. The molecule has 1 atom stereocenters. The third-order valence-electron chi connectivity index (χ3n) is 5.10. The van der Waals surface area contributed by atoms with E-state index in [2.05, 4.69) is 34.5 Å². The van der Waals surface area contributed by atoms with Crippen molar-refractivity contribution >= 4 is 17.5 Å². The highest BCUT2D eigenvalue weighted by Crippen LogP contribution is 2.18. The van der Waals surface area contributed by atoms with Crippen LogP contribution in [0.4, 0.5) is 0 Å². The first-order valence-corrected chi connectivity index (χ1v) is 10.5. The van der Waals surface area contributed by atoms with Gasteiger partial charge in [0.2, 0.25) is 0 Å². The predicted molar refractivity (Wildman–Crippen MR) is 114 cm³/mol. The fourth-order valence-electron chi connectivity index (χ4n) is 3.44. The molecule has 1 fully saturated rings. The minimum absolute atomic E-state index is 0.102. The monoisotopic (exact) mass is 400 g/mol. The van der Waals surface area contributed by atoms with E-state index in [1.807, 2.05) is 6.92 Å². The maximum Gasteiger partial charge on any atom is 0.261 e. The van der Waals surface area contributed by atoms with E-state index in [1.54, 1.807) is 24.3 Å². The molecule has 4 nitrogen and oxygen atoms in total. The van der Waals surface area contributed by atoms with E-state index in [1.165, 1.54) is 37.9 Å². The van der Waals surface area contributed by atoms with Gasteiger partial charge in [-0.05, 0) is 67.7 Å². The van der Waals surface area contributed by atoms with Crippen molar-refractivity contribution in [3.63, 3.8) is 0 Å². The molecule has 1 aliphatic rings. The Kier molecular flexibility index (Phi) is 7.75. The Labute approximate surface area is 172 Å². The van der Waals surface area contributed by atoms with E-state index in [0.29, 0.717) is 23.7 Å². The first-order chi connectivity index (χ1) is 13.6. The number of rotatable bonds is 8. The zero-order valence-corrected chi connectivity index (χ0v) is 17.3. The number of nitrogens with zero attached hydrogens (tertiary/aromatic N) is 1. The van der Waals surface area contributed by atoms with E-state index in [-0.39, 0.29) is 5.91 Å². The Morgan fingerprint density at radius 1 is 1.04 bits per heavy atom. The van der Waals surface area contributed by atoms with Crippen LogP contribution in [-0.4, -0.2) is 30.0 Å². The maximum atomic E-state index is 12.5. The summed E-state index contributed by atoms with van der Waals surface area (Å²) in [5.41, 5.74) is 2.42. The van der Waals surface area contributed by atoms with Crippen LogP contribution in [0.25, 0.3) is 0 Å². The molecule has 0 spiro atoms. The van der Waals surface area contributed by atoms with Gasteiger partial charge in [-0.15, -0.1) is 0 Å². The summed E-state index contributed by atoms with van der Waals surface area (Å²) < 4.78 is 5.80. The second kappa shape index (κ2) is 10.5. The van der Waals surface area contributed by atoms with E-state index in [4.69, 9.17) is 16.3 Å². The van der Waals surface area contributed by atoms with Crippen LogP contribution in [0.5, 0.6) is 5.75 Å². The second-order valence-corrected chi connectivity index (χ2v) is 7.78. The molecule has 150 valence electrons. The number of amides is 1. The van der Waals surface area contributed by atoms with Gasteiger partial charge in [-0.25, -0.2) is 0 Å². The third kappa shape index (κ3) is 6.25. The average molecular weight is 401 g/mol. The molecular weight excluding hydrogens is 372 g/mol. The van der Waals surface area contributed by atoms with Crippen molar-refractivity contribution < 1.29 is 9.53 Å². The molecule has 2 aromatic carbocycles. The number of likely N-dealkylation sites (tertiary alicyclic amines) is 1. The van der Waals surface area contributed by atoms with E-state index < -0.39 is 6.10 Å². The van der Waals surface area contributed by atoms with Gasteiger partial charge in [-0.1, -0.05) is 49.2 Å². The highest BCUT2D eigenvalue weighted by Gasteiger charge is 2.18. The van der Waals surface area contributed by atoms with Gasteiger partial charge in [-0.2, -0.15) is 0 Å². The Morgan fingerprint density at radius 3 is 2.32 bits per heavy atom. The summed E-state index contributed by atoms with van der Waals surface area (Å²) in [6, 6.07) is 15.6. The molecule has 0 bridgehead atoms. The van der Waals surface area contributed by atoms with Crippen LogP contribution in [-0.2, 0) is 17.9 Å². The Bertz CT molecular complexity index is 740. The summed E-state index contributed by atoms with van der Waals surface area (Å²) in [6.45, 7) is 5.85. The first kappa shape index (κ1) is 20.7. The van der Waals surface area contributed by atoms with Crippen LogP contribution < -0.4 is 10.1 Å². The SMILES string of the molecule is CC[C@@H](Oc1ccc(Cl)cc1)C(=O)NCc1ccc(CN2CCCCC2)cc1. The van der Waals surface area contributed by atoms with Gasteiger partial charge < -0.3 is 10.1 Å². The van der Waals surface area contributed by atoms with Crippen molar-refractivity contribution in [2.24, 2.45) is 0 Å². The summed E-state index contributed by atoms with van der Waals surface area (Å²) in [7, 11) is 0. The van der Waals surface area contributed by atoms with Crippen molar-refractivity contribution in [3.8, 4) is 5.75 Å². The number of hydrogen-bond donors (Lipinski definition) is 1. The molecular formula is C23H29ClN2O2.